The van der Waals surface area contributed by atoms with E-state index in [0.29, 0.717) is 25.6 Å². The van der Waals surface area contributed by atoms with Crippen molar-refractivity contribution < 1.29 is 13.2 Å². The molecule has 0 unspecified atom stereocenters. The number of rotatable bonds is 5. The van der Waals surface area contributed by atoms with E-state index in [-0.39, 0.29) is 17.1 Å². The van der Waals surface area contributed by atoms with Crippen molar-refractivity contribution in [1.29, 1.82) is 0 Å². The van der Waals surface area contributed by atoms with Crippen molar-refractivity contribution in [3.63, 3.8) is 0 Å². The number of nitrogens with zero attached hydrogens (tertiary/aromatic N) is 1. The van der Waals surface area contributed by atoms with Gasteiger partial charge in [-0.3, -0.25) is 4.79 Å². The fourth-order valence-electron chi connectivity index (χ4n) is 2.40. The van der Waals surface area contributed by atoms with Gasteiger partial charge < -0.3 is 5.32 Å². The predicted octanol–water partition coefficient (Wildman–Crippen LogP) is 0.963. The monoisotopic (exact) mass is 288 g/mol. The molecule has 0 aromatic carbocycles. The van der Waals surface area contributed by atoms with Crippen molar-refractivity contribution in [3.05, 3.63) is 0 Å². The summed E-state index contributed by atoms with van der Waals surface area (Å²) in [6, 6.07) is 0. The molecule has 6 heteroatoms. The Morgan fingerprint density at radius 1 is 1.21 bits per heavy atom. The Morgan fingerprint density at radius 2 is 1.79 bits per heavy atom. The van der Waals surface area contributed by atoms with Crippen LogP contribution in [0.4, 0.5) is 0 Å². The number of carbonyl (C=O) groups is 1. The van der Waals surface area contributed by atoms with Crippen molar-refractivity contribution in [1.82, 2.24) is 9.62 Å². The van der Waals surface area contributed by atoms with Crippen molar-refractivity contribution in [2.75, 3.05) is 19.6 Å². The summed E-state index contributed by atoms with van der Waals surface area (Å²) >= 11 is 0. The average Bonchev–Trinajstić information content (AvgIpc) is 3.20. The Morgan fingerprint density at radius 3 is 2.26 bits per heavy atom. The van der Waals surface area contributed by atoms with Gasteiger partial charge in [0.25, 0.3) is 0 Å². The zero-order valence-corrected chi connectivity index (χ0v) is 12.6. The third-order valence-electron chi connectivity index (χ3n) is 4.04. The Balaban J connectivity index is 1.74. The SMILES string of the molecule is CC(C)S(=O)(=O)N1CCC(CNC(=O)C2CC2)CC1. The number of nitrogens with one attached hydrogen (secondary N) is 1. The van der Waals surface area contributed by atoms with Gasteiger partial charge in [-0.1, -0.05) is 0 Å². The molecule has 2 fully saturated rings. The normalized spacial score (nSPS) is 22.7. The Labute approximate surface area is 115 Å². The number of hydrogen-bond acceptors (Lipinski definition) is 3. The number of hydrogen-bond donors (Lipinski definition) is 1. The maximum atomic E-state index is 12.0. The molecule has 1 saturated heterocycles. The summed E-state index contributed by atoms with van der Waals surface area (Å²) in [4.78, 5) is 11.5. The zero-order valence-electron chi connectivity index (χ0n) is 11.8. The Bertz CT molecular complexity index is 421. The minimum Gasteiger partial charge on any atom is -0.356 e. The second-order valence-corrected chi connectivity index (χ2v) is 8.44. The summed E-state index contributed by atoms with van der Waals surface area (Å²) in [5.74, 6) is 0.847. The van der Waals surface area contributed by atoms with Gasteiger partial charge in [-0.15, -0.1) is 0 Å². The summed E-state index contributed by atoms with van der Waals surface area (Å²) in [5.41, 5.74) is 0. The summed E-state index contributed by atoms with van der Waals surface area (Å²) in [7, 11) is -3.11. The van der Waals surface area contributed by atoms with Crippen molar-refractivity contribution >= 4 is 15.9 Å². The molecule has 1 aliphatic carbocycles. The third-order valence-corrected chi connectivity index (χ3v) is 6.32. The van der Waals surface area contributed by atoms with E-state index in [0.717, 1.165) is 25.7 Å². The molecular weight excluding hydrogens is 264 g/mol. The summed E-state index contributed by atoms with van der Waals surface area (Å²) < 4.78 is 25.6. The molecule has 1 saturated carbocycles. The highest BCUT2D eigenvalue weighted by Gasteiger charge is 2.32. The van der Waals surface area contributed by atoms with Crippen LogP contribution in [-0.4, -0.2) is 43.5 Å². The molecule has 0 bridgehead atoms. The van der Waals surface area contributed by atoms with Gasteiger partial charge in [-0.05, 0) is 45.4 Å². The number of amides is 1. The van der Waals surface area contributed by atoms with E-state index in [1.165, 1.54) is 0 Å². The highest BCUT2D eigenvalue weighted by atomic mass is 32.2. The van der Waals surface area contributed by atoms with Gasteiger partial charge in [-0.2, -0.15) is 0 Å². The molecule has 110 valence electrons. The molecule has 0 radical (unpaired) electrons. The van der Waals surface area contributed by atoms with Gasteiger partial charge in [0.1, 0.15) is 0 Å². The van der Waals surface area contributed by atoms with Crippen molar-refractivity contribution in [3.8, 4) is 0 Å². The van der Waals surface area contributed by atoms with Gasteiger partial charge in [0, 0.05) is 25.6 Å². The van der Waals surface area contributed by atoms with E-state index < -0.39 is 10.0 Å². The molecule has 2 aliphatic rings. The minimum atomic E-state index is -3.11. The van der Waals surface area contributed by atoms with E-state index in [2.05, 4.69) is 5.32 Å². The maximum absolute atomic E-state index is 12.0. The lowest BCUT2D eigenvalue weighted by Crippen LogP contribution is -2.44. The quantitative estimate of drug-likeness (QED) is 0.819. The summed E-state index contributed by atoms with van der Waals surface area (Å²) in [5, 5.41) is 2.64. The van der Waals surface area contributed by atoms with Crippen LogP contribution in [0.1, 0.15) is 39.5 Å². The van der Waals surface area contributed by atoms with Gasteiger partial charge in [0.15, 0.2) is 0 Å². The van der Waals surface area contributed by atoms with Gasteiger partial charge in [-0.25, -0.2) is 12.7 Å². The van der Waals surface area contributed by atoms with Crippen LogP contribution in [0.2, 0.25) is 0 Å². The number of carbonyl (C=O) groups excluding carboxylic acids is 1. The van der Waals surface area contributed by atoms with Gasteiger partial charge >= 0.3 is 0 Å². The van der Waals surface area contributed by atoms with E-state index >= 15 is 0 Å². The fourth-order valence-corrected chi connectivity index (χ4v) is 3.72. The Kier molecular flexibility index (Phi) is 4.50. The minimum absolute atomic E-state index is 0.178. The highest BCUT2D eigenvalue weighted by molar-refractivity contribution is 7.89. The average molecular weight is 288 g/mol. The molecule has 0 spiro atoms. The lowest BCUT2D eigenvalue weighted by atomic mass is 9.98. The predicted molar refractivity (Wildman–Crippen MR) is 74.1 cm³/mol. The highest BCUT2D eigenvalue weighted by Crippen LogP contribution is 2.29. The van der Waals surface area contributed by atoms with Crippen LogP contribution in [0, 0.1) is 11.8 Å². The maximum Gasteiger partial charge on any atom is 0.223 e. The molecule has 0 aromatic rings. The lowest BCUT2D eigenvalue weighted by molar-refractivity contribution is -0.122. The smallest absolute Gasteiger partial charge is 0.223 e. The first kappa shape index (κ1) is 14.8. The van der Waals surface area contributed by atoms with E-state index in [1.807, 2.05) is 0 Å². The van der Waals surface area contributed by atoms with Gasteiger partial charge in [0.2, 0.25) is 15.9 Å². The van der Waals surface area contributed by atoms with Crippen molar-refractivity contribution in [2.24, 2.45) is 11.8 Å². The molecule has 5 nitrogen and oxygen atoms in total. The standard InChI is InChI=1S/C13H24N2O3S/c1-10(2)19(17,18)15-7-5-11(6-8-15)9-14-13(16)12-3-4-12/h10-12H,3-9H2,1-2H3,(H,14,16). The summed E-state index contributed by atoms with van der Waals surface area (Å²) in [6.07, 6.45) is 3.74. The summed E-state index contributed by atoms with van der Waals surface area (Å²) in [6.45, 7) is 5.31. The van der Waals surface area contributed by atoms with E-state index in [1.54, 1.807) is 18.2 Å². The molecule has 1 aliphatic heterocycles. The molecule has 1 N–H and O–H groups in total. The van der Waals surface area contributed by atoms with Crippen LogP contribution >= 0.6 is 0 Å². The first-order chi connectivity index (χ1) is 8.91. The lowest BCUT2D eigenvalue weighted by Gasteiger charge is -2.32. The Hall–Kier alpha value is -0.620. The largest absolute Gasteiger partial charge is 0.356 e. The molecule has 2 rings (SSSR count). The topological polar surface area (TPSA) is 66.5 Å². The fraction of sp³-hybridized carbons (Fsp3) is 0.923. The first-order valence-corrected chi connectivity index (χ1v) is 8.68. The van der Waals surface area contributed by atoms with Crippen molar-refractivity contribution in [2.45, 2.75) is 44.8 Å². The second-order valence-electron chi connectivity index (χ2n) is 5.96. The number of piperidine rings is 1. The number of sulfonamides is 1. The second kappa shape index (κ2) is 5.79. The molecule has 19 heavy (non-hydrogen) atoms. The van der Waals surface area contributed by atoms with Crippen LogP contribution < -0.4 is 5.32 Å². The first-order valence-electron chi connectivity index (χ1n) is 7.18. The zero-order chi connectivity index (χ0) is 14.0. The van der Waals surface area contributed by atoms with Crippen LogP contribution in [0.5, 0.6) is 0 Å². The van der Waals surface area contributed by atoms with Gasteiger partial charge in [0.05, 0.1) is 5.25 Å². The van der Waals surface area contributed by atoms with Crippen LogP contribution in [0.3, 0.4) is 0 Å². The third kappa shape index (κ3) is 3.69. The molecule has 0 aromatic heterocycles. The van der Waals surface area contributed by atoms with Crippen LogP contribution in [-0.2, 0) is 14.8 Å². The van der Waals surface area contributed by atoms with Crippen LogP contribution in [0.15, 0.2) is 0 Å². The van der Waals surface area contributed by atoms with E-state index in [4.69, 9.17) is 0 Å². The molecule has 0 atom stereocenters. The van der Waals surface area contributed by atoms with Crippen LogP contribution in [0.25, 0.3) is 0 Å². The molecular formula is C13H24N2O3S. The molecule has 1 amide bonds. The van der Waals surface area contributed by atoms with E-state index in [9.17, 15) is 13.2 Å². The molecule has 1 heterocycles.